The molecule has 3 aromatic carbocycles. The zero-order valence-corrected chi connectivity index (χ0v) is 20.4. The van der Waals surface area contributed by atoms with Gasteiger partial charge in [-0.05, 0) is 65.7 Å². The van der Waals surface area contributed by atoms with Crippen molar-refractivity contribution in [3.8, 4) is 17.2 Å². The molecular formula is C30H23FN2O5. The van der Waals surface area contributed by atoms with Crippen molar-refractivity contribution in [2.45, 2.75) is 12.6 Å². The molecule has 1 N–H and O–H groups in total. The van der Waals surface area contributed by atoms with Gasteiger partial charge in [0.2, 0.25) is 0 Å². The number of para-hydroxylation sites is 1. The first kappa shape index (κ1) is 24.7. The smallest absolute Gasteiger partial charge is 0.295 e. The lowest BCUT2D eigenvalue weighted by molar-refractivity contribution is -0.140. The average molecular weight is 511 g/mol. The molecule has 1 fully saturated rings. The number of pyridine rings is 1. The number of aromatic nitrogens is 1. The molecule has 1 aliphatic heterocycles. The van der Waals surface area contributed by atoms with Crippen LogP contribution in [0.25, 0.3) is 5.76 Å². The van der Waals surface area contributed by atoms with E-state index in [4.69, 9.17) is 9.47 Å². The number of ketones is 1. The van der Waals surface area contributed by atoms with Gasteiger partial charge in [-0.3, -0.25) is 14.6 Å². The summed E-state index contributed by atoms with van der Waals surface area (Å²) in [6.07, 6.45) is 3.19. The van der Waals surface area contributed by atoms with Crippen molar-refractivity contribution >= 4 is 17.4 Å². The third-order valence-electron chi connectivity index (χ3n) is 6.22. The van der Waals surface area contributed by atoms with Gasteiger partial charge in [0.25, 0.3) is 11.7 Å². The molecule has 1 aromatic heterocycles. The number of methoxy groups -OCH3 is 1. The Labute approximate surface area is 218 Å². The molecule has 7 nitrogen and oxygen atoms in total. The largest absolute Gasteiger partial charge is 0.507 e. The topological polar surface area (TPSA) is 89.0 Å². The van der Waals surface area contributed by atoms with Crippen LogP contribution in [0.4, 0.5) is 4.39 Å². The minimum atomic E-state index is -0.951. The number of amides is 1. The second kappa shape index (κ2) is 10.6. The number of hydrogen-bond acceptors (Lipinski definition) is 6. The number of likely N-dealkylation sites (tertiary alicyclic amines) is 1. The lowest BCUT2D eigenvalue weighted by atomic mass is 9.95. The van der Waals surface area contributed by atoms with Gasteiger partial charge in [0.15, 0.2) is 11.6 Å². The maximum atomic E-state index is 14.5. The van der Waals surface area contributed by atoms with Gasteiger partial charge in [0, 0.05) is 24.5 Å². The van der Waals surface area contributed by atoms with Crippen molar-refractivity contribution in [2.75, 3.05) is 7.11 Å². The number of rotatable bonds is 7. The molecule has 2 heterocycles. The van der Waals surface area contributed by atoms with Gasteiger partial charge in [-0.25, -0.2) is 4.39 Å². The standard InChI is InChI=1S/C30H23FN2O5/c1-37-25-11-10-21(17-24(25)31)28(34)26-27(33(30(36)29(26)35)18-19-12-14-32-15-13-19)20-6-5-9-23(16-20)38-22-7-3-2-4-8-22/h2-17,27,34H,18H2,1H3/b28-26-. The maximum absolute atomic E-state index is 14.5. The zero-order chi connectivity index (χ0) is 26.6. The average Bonchev–Trinajstić information content (AvgIpc) is 3.19. The van der Waals surface area contributed by atoms with E-state index in [0.717, 1.165) is 11.6 Å². The maximum Gasteiger partial charge on any atom is 0.295 e. The molecular weight excluding hydrogens is 487 g/mol. The first-order chi connectivity index (χ1) is 18.5. The summed E-state index contributed by atoms with van der Waals surface area (Å²) in [5.41, 5.74) is 1.19. The molecule has 0 spiro atoms. The minimum absolute atomic E-state index is 0.0120. The third-order valence-corrected chi connectivity index (χ3v) is 6.22. The highest BCUT2D eigenvalue weighted by molar-refractivity contribution is 6.46. The Hall–Kier alpha value is -4.98. The molecule has 0 saturated carbocycles. The zero-order valence-electron chi connectivity index (χ0n) is 20.4. The summed E-state index contributed by atoms with van der Waals surface area (Å²) in [7, 11) is 1.33. The lowest BCUT2D eigenvalue weighted by Gasteiger charge is -2.25. The van der Waals surface area contributed by atoms with Gasteiger partial charge in [0.05, 0.1) is 18.7 Å². The molecule has 0 radical (unpaired) electrons. The van der Waals surface area contributed by atoms with E-state index in [1.165, 1.54) is 24.1 Å². The van der Waals surface area contributed by atoms with Crippen LogP contribution in [0.1, 0.15) is 22.7 Å². The number of benzene rings is 3. The quantitative estimate of drug-likeness (QED) is 0.197. The fourth-order valence-corrected chi connectivity index (χ4v) is 4.42. The molecule has 1 aliphatic rings. The number of nitrogens with zero attached hydrogens (tertiary/aromatic N) is 2. The highest BCUT2D eigenvalue weighted by atomic mass is 19.1. The number of halogens is 1. The summed E-state index contributed by atoms with van der Waals surface area (Å²) in [6, 6.07) is 22.5. The number of hydrogen-bond donors (Lipinski definition) is 1. The van der Waals surface area contributed by atoms with E-state index in [2.05, 4.69) is 4.98 Å². The monoisotopic (exact) mass is 510 g/mol. The van der Waals surface area contributed by atoms with Crippen LogP contribution in [0.15, 0.2) is 103 Å². The summed E-state index contributed by atoms with van der Waals surface area (Å²) in [6.45, 7) is 0.0925. The second-order valence-electron chi connectivity index (χ2n) is 8.62. The van der Waals surface area contributed by atoms with E-state index in [1.807, 2.05) is 18.2 Å². The molecule has 38 heavy (non-hydrogen) atoms. The number of carbonyl (C=O) groups is 2. The Morgan fingerprint density at radius 1 is 0.947 bits per heavy atom. The van der Waals surface area contributed by atoms with Gasteiger partial charge in [-0.1, -0.05) is 30.3 Å². The van der Waals surface area contributed by atoms with Crippen molar-refractivity contribution in [1.82, 2.24) is 9.88 Å². The molecule has 190 valence electrons. The van der Waals surface area contributed by atoms with Crippen LogP contribution in [-0.2, 0) is 16.1 Å². The number of carbonyl (C=O) groups excluding carboxylic acids is 2. The van der Waals surface area contributed by atoms with E-state index < -0.39 is 29.3 Å². The van der Waals surface area contributed by atoms with Crippen LogP contribution in [0, 0.1) is 5.82 Å². The molecule has 1 saturated heterocycles. The normalized spacial score (nSPS) is 16.5. The Bertz CT molecular complexity index is 1520. The van der Waals surface area contributed by atoms with Gasteiger partial charge in [-0.15, -0.1) is 0 Å². The third kappa shape index (κ3) is 4.84. The van der Waals surface area contributed by atoms with Crippen LogP contribution in [0.5, 0.6) is 17.2 Å². The highest BCUT2D eigenvalue weighted by Crippen LogP contribution is 2.41. The number of Topliss-reactive ketones (excluding diaryl/α,β-unsaturated/α-hetero) is 1. The summed E-state index contributed by atoms with van der Waals surface area (Å²) in [4.78, 5) is 32.0. The number of aliphatic hydroxyl groups is 1. The van der Waals surface area contributed by atoms with Crippen LogP contribution < -0.4 is 9.47 Å². The Balaban J connectivity index is 1.62. The lowest BCUT2D eigenvalue weighted by Crippen LogP contribution is -2.29. The van der Waals surface area contributed by atoms with Gasteiger partial charge >= 0.3 is 0 Å². The molecule has 0 aliphatic carbocycles. The van der Waals surface area contributed by atoms with Crippen molar-refractivity contribution in [1.29, 1.82) is 0 Å². The molecule has 1 amide bonds. The first-order valence-electron chi connectivity index (χ1n) is 11.8. The van der Waals surface area contributed by atoms with Crippen LogP contribution in [0.3, 0.4) is 0 Å². The molecule has 1 atom stereocenters. The molecule has 1 unspecified atom stereocenters. The van der Waals surface area contributed by atoms with E-state index in [9.17, 15) is 19.1 Å². The molecule has 4 aromatic rings. The SMILES string of the molecule is COc1ccc(/C(O)=C2/C(=O)C(=O)N(Cc3ccncc3)C2c2cccc(Oc3ccccc3)c2)cc1F. The minimum Gasteiger partial charge on any atom is -0.507 e. The second-order valence-corrected chi connectivity index (χ2v) is 8.62. The molecule has 5 rings (SSSR count). The Morgan fingerprint density at radius 2 is 1.68 bits per heavy atom. The fraction of sp³-hybridized carbons (Fsp3) is 0.100. The number of ether oxygens (including phenoxy) is 2. The molecule has 0 bridgehead atoms. The van der Waals surface area contributed by atoms with E-state index in [1.54, 1.807) is 60.9 Å². The summed E-state index contributed by atoms with van der Waals surface area (Å²) in [5, 5.41) is 11.2. The first-order valence-corrected chi connectivity index (χ1v) is 11.8. The highest BCUT2D eigenvalue weighted by Gasteiger charge is 2.46. The van der Waals surface area contributed by atoms with Crippen molar-refractivity contribution in [3.63, 3.8) is 0 Å². The van der Waals surface area contributed by atoms with Crippen LogP contribution >= 0.6 is 0 Å². The summed E-state index contributed by atoms with van der Waals surface area (Å²) in [5.74, 6) is -1.76. The predicted molar refractivity (Wildman–Crippen MR) is 138 cm³/mol. The van der Waals surface area contributed by atoms with Gasteiger partial charge < -0.3 is 19.5 Å². The van der Waals surface area contributed by atoms with E-state index in [-0.39, 0.29) is 23.4 Å². The predicted octanol–water partition coefficient (Wildman–Crippen LogP) is 5.64. The fourth-order valence-electron chi connectivity index (χ4n) is 4.42. The Morgan fingerprint density at radius 3 is 2.39 bits per heavy atom. The van der Waals surface area contributed by atoms with Crippen LogP contribution in [0.2, 0.25) is 0 Å². The molecule has 8 heteroatoms. The van der Waals surface area contributed by atoms with Crippen molar-refractivity contribution in [2.24, 2.45) is 0 Å². The van der Waals surface area contributed by atoms with Crippen molar-refractivity contribution in [3.05, 3.63) is 125 Å². The van der Waals surface area contributed by atoms with Crippen molar-refractivity contribution < 1.29 is 28.6 Å². The summed E-state index contributed by atoms with van der Waals surface area (Å²) < 4.78 is 25.4. The summed E-state index contributed by atoms with van der Waals surface area (Å²) >= 11 is 0. The Kier molecular flexibility index (Phi) is 6.86. The van der Waals surface area contributed by atoms with E-state index in [0.29, 0.717) is 17.1 Å². The van der Waals surface area contributed by atoms with Crippen LogP contribution in [-0.4, -0.2) is 33.8 Å². The van der Waals surface area contributed by atoms with Gasteiger partial charge in [-0.2, -0.15) is 0 Å². The number of aliphatic hydroxyl groups excluding tert-OH is 1. The van der Waals surface area contributed by atoms with Gasteiger partial charge in [0.1, 0.15) is 17.3 Å². The van der Waals surface area contributed by atoms with E-state index >= 15 is 0 Å².